The van der Waals surface area contributed by atoms with Crippen molar-refractivity contribution in [2.75, 3.05) is 11.9 Å². The Morgan fingerprint density at radius 1 is 0.957 bits per heavy atom. The first-order valence-electron chi connectivity index (χ1n) is 6.77. The zero-order valence-corrected chi connectivity index (χ0v) is 13.6. The predicted molar refractivity (Wildman–Crippen MR) is 93.4 cm³/mol. The second-order valence-electron chi connectivity index (χ2n) is 4.66. The molecular formula is C17H14Cl2N2O2. The van der Waals surface area contributed by atoms with Crippen LogP contribution in [0.2, 0.25) is 10.0 Å². The van der Waals surface area contributed by atoms with Gasteiger partial charge in [-0.15, -0.1) is 6.58 Å². The minimum Gasteiger partial charge on any atom is -0.349 e. The van der Waals surface area contributed by atoms with E-state index >= 15 is 0 Å². The number of rotatable bonds is 5. The third kappa shape index (κ3) is 4.58. The van der Waals surface area contributed by atoms with E-state index in [2.05, 4.69) is 17.2 Å². The fourth-order valence-corrected chi connectivity index (χ4v) is 2.12. The summed E-state index contributed by atoms with van der Waals surface area (Å²) in [4.78, 5) is 23.9. The van der Waals surface area contributed by atoms with Gasteiger partial charge in [-0.2, -0.15) is 0 Å². The number of halogens is 2. The van der Waals surface area contributed by atoms with Gasteiger partial charge in [0.05, 0.1) is 10.0 Å². The van der Waals surface area contributed by atoms with E-state index in [0.717, 1.165) is 0 Å². The Balaban J connectivity index is 2.06. The fraction of sp³-hybridized carbons (Fsp3) is 0.0588. The number of carbonyl (C=O) groups is 2. The van der Waals surface area contributed by atoms with Crippen molar-refractivity contribution >= 4 is 40.7 Å². The number of anilines is 1. The van der Waals surface area contributed by atoms with E-state index < -0.39 is 0 Å². The molecule has 0 spiro atoms. The summed E-state index contributed by atoms with van der Waals surface area (Å²) in [5, 5.41) is 6.15. The number of nitrogens with one attached hydrogen (secondary N) is 2. The molecule has 0 bridgehead atoms. The van der Waals surface area contributed by atoms with Crippen molar-refractivity contribution in [3.05, 3.63) is 76.3 Å². The molecular weight excluding hydrogens is 335 g/mol. The number of hydrogen-bond acceptors (Lipinski definition) is 2. The van der Waals surface area contributed by atoms with Crippen LogP contribution >= 0.6 is 23.2 Å². The molecule has 2 rings (SSSR count). The van der Waals surface area contributed by atoms with Gasteiger partial charge >= 0.3 is 0 Å². The van der Waals surface area contributed by atoms with Crippen molar-refractivity contribution in [1.29, 1.82) is 0 Å². The van der Waals surface area contributed by atoms with Crippen molar-refractivity contribution in [3.63, 3.8) is 0 Å². The lowest BCUT2D eigenvalue weighted by atomic mass is 10.1. The van der Waals surface area contributed by atoms with Crippen molar-refractivity contribution in [2.45, 2.75) is 0 Å². The predicted octanol–water partition coefficient (Wildman–Crippen LogP) is 4.16. The lowest BCUT2D eigenvalue weighted by molar-refractivity contribution is 0.0956. The first-order valence-corrected chi connectivity index (χ1v) is 7.52. The van der Waals surface area contributed by atoms with Gasteiger partial charge in [-0.3, -0.25) is 9.59 Å². The highest BCUT2D eigenvalue weighted by Crippen LogP contribution is 2.25. The highest BCUT2D eigenvalue weighted by Gasteiger charge is 2.09. The average molecular weight is 349 g/mol. The van der Waals surface area contributed by atoms with Crippen LogP contribution in [0.15, 0.2) is 55.1 Å². The van der Waals surface area contributed by atoms with Crippen molar-refractivity contribution in [3.8, 4) is 0 Å². The molecule has 0 aromatic heterocycles. The minimum absolute atomic E-state index is 0.221. The summed E-state index contributed by atoms with van der Waals surface area (Å²) in [5.41, 5.74) is 1.44. The largest absolute Gasteiger partial charge is 0.349 e. The van der Waals surface area contributed by atoms with Crippen LogP contribution in [0.5, 0.6) is 0 Å². The maximum atomic E-state index is 12.2. The van der Waals surface area contributed by atoms with Gasteiger partial charge in [-0.25, -0.2) is 0 Å². The Morgan fingerprint density at radius 2 is 1.57 bits per heavy atom. The Hall–Kier alpha value is -2.30. The van der Waals surface area contributed by atoms with Gasteiger partial charge in [0.1, 0.15) is 0 Å². The molecule has 0 fully saturated rings. The van der Waals surface area contributed by atoms with Gasteiger partial charge in [0.15, 0.2) is 0 Å². The van der Waals surface area contributed by atoms with Crippen molar-refractivity contribution in [2.24, 2.45) is 0 Å². The summed E-state index contributed by atoms with van der Waals surface area (Å²) in [5.74, 6) is -0.525. The summed E-state index contributed by atoms with van der Waals surface area (Å²) in [6.45, 7) is 3.92. The minimum atomic E-state index is -0.304. The molecule has 0 heterocycles. The molecule has 0 atom stereocenters. The number of amides is 2. The second kappa shape index (κ2) is 7.81. The Morgan fingerprint density at radius 3 is 2.13 bits per heavy atom. The molecule has 6 heteroatoms. The number of benzene rings is 2. The summed E-state index contributed by atoms with van der Waals surface area (Å²) in [6.07, 6.45) is 1.59. The Labute approximate surface area is 144 Å². The normalized spacial score (nSPS) is 10.0. The van der Waals surface area contributed by atoms with Crippen LogP contribution < -0.4 is 10.6 Å². The van der Waals surface area contributed by atoms with Crippen molar-refractivity contribution in [1.82, 2.24) is 5.32 Å². The number of carbonyl (C=O) groups excluding carboxylic acids is 2. The van der Waals surface area contributed by atoms with E-state index in [4.69, 9.17) is 23.2 Å². The zero-order chi connectivity index (χ0) is 16.8. The van der Waals surface area contributed by atoms with Crippen LogP contribution in [0.25, 0.3) is 0 Å². The Kier molecular flexibility index (Phi) is 5.79. The summed E-state index contributed by atoms with van der Waals surface area (Å²) in [6, 6.07) is 11.2. The van der Waals surface area contributed by atoms with Gasteiger partial charge < -0.3 is 10.6 Å². The van der Waals surface area contributed by atoms with Gasteiger partial charge in [-0.05, 0) is 42.5 Å². The van der Waals surface area contributed by atoms with E-state index in [1.807, 2.05) is 0 Å². The molecule has 2 amide bonds. The maximum Gasteiger partial charge on any atom is 0.255 e. The third-order valence-corrected chi connectivity index (χ3v) is 3.73. The van der Waals surface area contributed by atoms with E-state index in [1.165, 1.54) is 0 Å². The molecule has 4 nitrogen and oxygen atoms in total. The molecule has 0 saturated heterocycles. The monoisotopic (exact) mass is 348 g/mol. The highest BCUT2D eigenvalue weighted by molar-refractivity contribution is 6.42. The van der Waals surface area contributed by atoms with E-state index in [1.54, 1.807) is 48.5 Å². The molecule has 2 aromatic rings. The lowest BCUT2D eigenvalue weighted by Crippen LogP contribution is -2.23. The van der Waals surface area contributed by atoms with Crippen LogP contribution in [-0.2, 0) is 0 Å². The first-order chi connectivity index (χ1) is 11.0. The third-order valence-electron chi connectivity index (χ3n) is 2.99. The van der Waals surface area contributed by atoms with Crippen LogP contribution in [-0.4, -0.2) is 18.4 Å². The smallest absolute Gasteiger partial charge is 0.255 e. The fourth-order valence-electron chi connectivity index (χ4n) is 1.82. The van der Waals surface area contributed by atoms with Gasteiger partial charge in [0.2, 0.25) is 0 Å². The quantitative estimate of drug-likeness (QED) is 0.797. The van der Waals surface area contributed by atoms with Crippen LogP contribution in [0, 0.1) is 0 Å². The molecule has 2 aromatic carbocycles. The average Bonchev–Trinajstić information content (AvgIpc) is 2.56. The SMILES string of the molecule is C=CCNC(=O)c1ccc(C(=O)Nc2ccc(Cl)c(Cl)c2)cc1. The maximum absolute atomic E-state index is 12.2. The second-order valence-corrected chi connectivity index (χ2v) is 5.47. The topological polar surface area (TPSA) is 58.2 Å². The summed E-state index contributed by atoms with van der Waals surface area (Å²) < 4.78 is 0. The van der Waals surface area contributed by atoms with Gasteiger partial charge in [0.25, 0.3) is 11.8 Å². The lowest BCUT2D eigenvalue weighted by Gasteiger charge is -2.07. The molecule has 0 aliphatic heterocycles. The Bertz CT molecular complexity index is 743. The standard InChI is InChI=1S/C17H14Cl2N2O2/c1-2-9-20-16(22)11-3-5-12(6-4-11)17(23)21-13-7-8-14(18)15(19)10-13/h2-8,10H,1,9H2,(H,20,22)(H,21,23). The first kappa shape index (κ1) is 17.1. The summed E-state index contributed by atoms with van der Waals surface area (Å²) >= 11 is 11.7. The van der Waals surface area contributed by atoms with E-state index in [9.17, 15) is 9.59 Å². The van der Waals surface area contributed by atoms with Crippen LogP contribution in [0.1, 0.15) is 20.7 Å². The van der Waals surface area contributed by atoms with Gasteiger partial charge in [-0.1, -0.05) is 29.3 Å². The molecule has 23 heavy (non-hydrogen) atoms. The molecule has 2 N–H and O–H groups in total. The molecule has 0 unspecified atom stereocenters. The van der Waals surface area contributed by atoms with Crippen LogP contribution in [0.3, 0.4) is 0 Å². The summed E-state index contributed by atoms with van der Waals surface area (Å²) in [7, 11) is 0. The molecule has 0 aliphatic rings. The van der Waals surface area contributed by atoms with E-state index in [-0.39, 0.29) is 11.8 Å². The van der Waals surface area contributed by atoms with Gasteiger partial charge in [0, 0.05) is 23.4 Å². The molecule has 0 saturated carbocycles. The van der Waals surface area contributed by atoms with E-state index in [0.29, 0.717) is 33.4 Å². The van der Waals surface area contributed by atoms with Crippen molar-refractivity contribution < 1.29 is 9.59 Å². The molecule has 0 radical (unpaired) electrons. The highest BCUT2D eigenvalue weighted by atomic mass is 35.5. The molecule has 0 aliphatic carbocycles. The zero-order valence-electron chi connectivity index (χ0n) is 12.1. The molecule has 118 valence electrons. The number of hydrogen-bond donors (Lipinski definition) is 2. The van der Waals surface area contributed by atoms with Crippen LogP contribution in [0.4, 0.5) is 5.69 Å².